The van der Waals surface area contributed by atoms with E-state index in [0.717, 1.165) is 51.6 Å². The zero-order valence-electron chi connectivity index (χ0n) is 35.3. The number of anilines is 2. The van der Waals surface area contributed by atoms with E-state index in [9.17, 15) is 14.7 Å². The monoisotopic (exact) mass is 754 g/mol. The van der Waals surface area contributed by atoms with E-state index in [4.69, 9.17) is 10.5 Å². The number of aliphatic carboxylic acids is 1. The minimum Gasteiger partial charge on any atom is -0.481 e. The summed E-state index contributed by atoms with van der Waals surface area (Å²) in [7, 11) is 0. The summed E-state index contributed by atoms with van der Waals surface area (Å²) in [6.45, 7) is 25.8. The molecule has 55 heavy (non-hydrogen) atoms. The number of rotatable bonds is 3. The van der Waals surface area contributed by atoms with Gasteiger partial charge in [-0.05, 0) is 141 Å². The van der Waals surface area contributed by atoms with Crippen LogP contribution in [0.25, 0.3) is 5.57 Å². The van der Waals surface area contributed by atoms with Gasteiger partial charge in [0.15, 0.2) is 0 Å². The van der Waals surface area contributed by atoms with Crippen molar-refractivity contribution in [1.29, 1.82) is 0 Å². The fourth-order valence-corrected chi connectivity index (χ4v) is 14.0. The van der Waals surface area contributed by atoms with Crippen molar-refractivity contribution < 1.29 is 19.4 Å². The van der Waals surface area contributed by atoms with Crippen molar-refractivity contribution in [2.45, 2.75) is 132 Å². The number of nitrogens with one attached hydrogen (secondary N) is 1. The summed E-state index contributed by atoms with van der Waals surface area (Å²) in [4.78, 5) is 30.0. The number of hydrogen-bond acceptors (Lipinski definition) is 6. The number of ether oxygens (including phenoxy) is 1. The van der Waals surface area contributed by atoms with Gasteiger partial charge in [-0.2, -0.15) is 5.10 Å². The fraction of sp³-hybridized carbons (Fsp3) is 0.717. The second kappa shape index (κ2) is 12.5. The third-order valence-electron chi connectivity index (χ3n) is 16.6. The lowest BCUT2D eigenvalue weighted by molar-refractivity contribution is -0.161. The molecule has 1 aromatic carbocycles. The van der Waals surface area contributed by atoms with Crippen LogP contribution in [-0.4, -0.2) is 64.0 Å². The number of benzene rings is 1. The predicted molar refractivity (Wildman–Crippen MR) is 219 cm³/mol. The van der Waals surface area contributed by atoms with Crippen LogP contribution >= 0.6 is 0 Å². The number of piperazine rings is 1. The highest BCUT2D eigenvalue weighted by Crippen LogP contribution is 2.76. The molecule has 0 bridgehead atoms. The van der Waals surface area contributed by atoms with Crippen molar-refractivity contribution in [3.63, 3.8) is 0 Å². The molecule has 1 saturated heterocycles. The lowest BCUT2D eigenvalue weighted by Gasteiger charge is -2.70. The highest BCUT2D eigenvalue weighted by Gasteiger charge is 2.68. The maximum absolute atomic E-state index is 13.0. The summed E-state index contributed by atoms with van der Waals surface area (Å²) in [5, 5.41) is 18.6. The smallest absolute Gasteiger partial charge is 0.410 e. The maximum Gasteiger partial charge on any atom is 0.410 e. The number of aromatic nitrogens is 2. The molecule has 2 heterocycles. The third-order valence-corrected chi connectivity index (χ3v) is 16.6. The molecule has 6 aliphatic rings. The number of carbonyl (C=O) groups excluding carboxylic acids is 1. The number of aromatic amines is 1. The summed E-state index contributed by atoms with van der Waals surface area (Å²) in [5.41, 5.74) is 14.0. The standard InChI is InChI=1S/C46H67N5O4/c1-41(2,3)55-40(54)51-21-19-50(20-22-51)28-13-11-27(12-14-28)30-23-35-44(8)26-33-37(48-49-38(33)47)43(6,7)34(44)16-18-45(35,9)46(10)17-15-29-31(36(30)46)24-42(4,5)25-32(29)39(52)53/h11-14,29,31-32,34-35H,15-26H2,1-10H3,(H,52,53)(H3,47,48,49)/t29?,31?,32-,34?,35?,44?,45?,46?/m1/s1. The SMILES string of the molecule is CC1(C)CC2C3=C(c4ccc(N5CCN(C(=O)OC(C)(C)C)CC5)cc4)CC4C5(C)Cc6c(N)n[nH]c6C(C)(C)C5CCC4(C)C3(C)CCC2[C@H](C(=O)O)C1. The Kier molecular flexibility index (Phi) is 8.73. The molecule has 4 fully saturated rings. The fourth-order valence-electron chi connectivity index (χ4n) is 14.0. The Balaban J connectivity index is 1.21. The Morgan fingerprint density at radius 2 is 1.60 bits per heavy atom. The molecule has 3 saturated carbocycles. The van der Waals surface area contributed by atoms with Crippen molar-refractivity contribution in [2.24, 2.45) is 51.2 Å². The second-order valence-corrected chi connectivity index (χ2v) is 21.7. The molecule has 4 N–H and O–H groups in total. The molecule has 1 amide bonds. The Morgan fingerprint density at radius 3 is 2.24 bits per heavy atom. The molecule has 2 aromatic rings. The lowest BCUT2D eigenvalue weighted by Crippen LogP contribution is -2.64. The van der Waals surface area contributed by atoms with E-state index in [-0.39, 0.29) is 50.9 Å². The van der Waals surface area contributed by atoms with Gasteiger partial charge in [-0.1, -0.05) is 66.2 Å². The number of carboxylic acid groups (broad SMARTS) is 1. The molecule has 0 spiro atoms. The molecule has 1 aliphatic heterocycles. The summed E-state index contributed by atoms with van der Waals surface area (Å²) in [6.07, 6.45) is 7.83. The topological polar surface area (TPSA) is 125 Å². The van der Waals surface area contributed by atoms with E-state index >= 15 is 0 Å². The van der Waals surface area contributed by atoms with Gasteiger partial charge in [0.1, 0.15) is 11.4 Å². The minimum atomic E-state index is -0.615. The first kappa shape index (κ1) is 38.4. The summed E-state index contributed by atoms with van der Waals surface area (Å²) in [6, 6.07) is 9.28. The molecule has 9 heteroatoms. The van der Waals surface area contributed by atoms with Crippen molar-refractivity contribution in [3.8, 4) is 0 Å². The average Bonchev–Trinajstić information content (AvgIpc) is 3.47. The van der Waals surface area contributed by atoms with E-state index in [1.165, 1.54) is 40.9 Å². The normalized spacial score (nSPS) is 36.5. The maximum atomic E-state index is 13.0. The molecular weight excluding hydrogens is 687 g/mol. The van der Waals surface area contributed by atoms with Crippen LogP contribution in [0.3, 0.4) is 0 Å². The van der Waals surface area contributed by atoms with E-state index in [0.29, 0.717) is 30.7 Å². The largest absolute Gasteiger partial charge is 0.481 e. The minimum absolute atomic E-state index is 0.0152. The van der Waals surface area contributed by atoms with Crippen LogP contribution in [0, 0.1) is 51.2 Å². The number of nitrogens with zero attached hydrogens (tertiary/aromatic N) is 3. The second-order valence-electron chi connectivity index (χ2n) is 21.7. The van der Waals surface area contributed by atoms with Crippen LogP contribution in [-0.2, 0) is 21.4 Å². The number of H-pyrrole nitrogens is 1. The predicted octanol–water partition coefficient (Wildman–Crippen LogP) is 9.33. The summed E-state index contributed by atoms with van der Waals surface area (Å²) in [5.74, 6) is 1.05. The first-order valence-corrected chi connectivity index (χ1v) is 21.2. The van der Waals surface area contributed by atoms with Gasteiger partial charge in [0.2, 0.25) is 0 Å². The summed E-state index contributed by atoms with van der Waals surface area (Å²) < 4.78 is 5.66. The molecular formula is C46H67N5O4. The molecule has 8 rings (SSSR count). The number of carbonyl (C=O) groups is 2. The number of carboxylic acids is 1. The Bertz CT molecular complexity index is 1900. The van der Waals surface area contributed by atoms with Gasteiger partial charge >= 0.3 is 12.1 Å². The molecule has 7 unspecified atom stereocenters. The third kappa shape index (κ3) is 5.85. The first-order valence-electron chi connectivity index (χ1n) is 21.2. The zero-order valence-corrected chi connectivity index (χ0v) is 35.3. The van der Waals surface area contributed by atoms with E-state index in [2.05, 4.69) is 87.8 Å². The number of amides is 1. The van der Waals surface area contributed by atoms with Gasteiger partial charge < -0.3 is 25.4 Å². The van der Waals surface area contributed by atoms with E-state index in [1.807, 2.05) is 25.7 Å². The van der Waals surface area contributed by atoms with Crippen LogP contribution in [0.4, 0.5) is 16.3 Å². The van der Waals surface area contributed by atoms with Gasteiger partial charge in [0, 0.05) is 48.5 Å². The Labute approximate surface area is 329 Å². The molecule has 300 valence electrons. The first-order chi connectivity index (χ1) is 25.6. The molecule has 9 nitrogen and oxygen atoms in total. The average molecular weight is 754 g/mol. The quantitative estimate of drug-likeness (QED) is 0.285. The zero-order chi connectivity index (χ0) is 39.7. The Hall–Kier alpha value is -3.49. The van der Waals surface area contributed by atoms with Crippen LogP contribution in [0.1, 0.15) is 131 Å². The highest BCUT2D eigenvalue weighted by molar-refractivity contribution is 5.76. The number of hydrogen-bond donors (Lipinski definition) is 3. The number of allylic oxidation sites excluding steroid dienone is 2. The van der Waals surface area contributed by atoms with Crippen molar-refractivity contribution in [3.05, 3.63) is 46.7 Å². The van der Waals surface area contributed by atoms with Crippen molar-refractivity contribution in [1.82, 2.24) is 15.1 Å². The van der Waals surface area contributed by atoms with E-state index in [1.54, 1.807) is 5.57 Å². The molecule has 1 aromatic heterocycles. The Morgan fingerprint density at radius 1 is 0.927 bits per heavy atom. The van der Waals surface area contributed by atoms with Gasteiger partial charge in [0.05, 0.1) is 5.92 Å². The number of fused-ring (bicyclic) bond motifs is 8. The molecule has 0 radical (unpaired) electrons. The molecule has 8 atom stereocenters. The van der Waals surface area contributed by atoms with Crippen LogP contribution in [0.15, 0.2) is 29.8 Å². The lowest BCUT2D eigenvalue weighted by atomic mass is 9.33. The van der Waals surface area contributed by atoms with Crippen molar-refractivity contribution >= 4 is 29.1 Å². The van der Waals surface area contributed by atoms with Gasteiger partial charge in [-0.3, -0.25) is 9.89 Å². The van der Waals surface area contributed by atoms with Crippen LogP contribution < -0.4 is 10.6 Å². The highest BCUT2D eigenvalue weighted by atomic mass is 16.6. The van der Waals surface area contributed by atoms with E-state index < -0.39 is 11.6 Å². The number of nitrogen functional groups attached to an aromatic ring is 1. The summed E-state index contributed by atoms with van der Waals surface area (Å²) >= 11 is 0. The van der Waals surface area contributed by atoms with Crippen molar-refractivity contribution in [2.75, 3.05) is 36.8 Å². The van der Waals surface area contributed by atoms with Crippen LogP contribution in [0.5, 0.6) is 0 Å². The van der Waals surface area contributed by atoms with Crippen LogP contribution in [0.2, 0.25) is 0 Å². The van der Waals surface area contributed by atoms with Gasteiger partial charge in [-0.25, -0.2) is 4.79 Å². The number of nitrogens with two attached hydrogens (primary N) is 1. The van der Waals surface area contributed by atoms with Gasteiger partial charge in [0.25, 0.3) is 0 Å². The molecule has 5 aliphatic carbocycles. The van der Waals surface area contributed by atoms with Gasteiger partial charge in [-0.15, -0.1) is 0 Å².